The van der Waals surface area contributed by atoms with Crippen LogP contribution >= 0.6 is 11.6 Å². The third kappa shape index (κ3) is 6.89. The number of halogens is 5. The summed E-state index contributed by atoms with van der Waals surface area (Å²) in [5.41, 5.74) is 2.07. The first-order chi connectivity index (χ1) is 19.7. The lowest BCUT2D eigenvalue weighted by atomic mass is 10.1. The molecule has 2 aromatic carbocycles. The highest BCUT2D eigenvalue weighted by Gasteiger charge is 2.35. The van der Waals surface area contributed by atoms with Gasteiger partial charge in [-0.2, -0.15) is 13.2 Å². The Morgan fingerprint density at radius 3 is 2.41 bits per heavy atom. The number of nitrogens with one attached hydrogen (secondary N) is 2. The lowest BCUT2D eigenvalue weighted by molar-refractivity contribution is -0.145. The predicted molar refractivity (Wildman–Crippen MR) is 145 cm³/mol. The van der Waals surface area contributed by atoms with Crippen LogP contribution in [0, 0.1) is 5.82 Å². The highest BCUT2D eigenvalue weighted by atomic mass is 35.5. The number of hydrogen-bond acceptors (Lipinski definition) is 7. The fourth-order valence-electron chi connectivity index (χ4n) is 4.58. The van der Waals surface area contributed by atoms with Gasteiger partial charge >= 0.3 is 6.18 Å². The Balaban J connectivity index is 1.34. The molecule has 1 amide bonds. The zero-order chi connectivity index (χ0) is 29.0. The van der Waals surface area contributed by atoms with E-state index in [1.165, 1.54) is 12.1 Å². The van der Waals surface area contributed by atoms with E-state index in [-0.39, 0.29) is 22.9 Å². The van der Waals surface area contributed by atoms with E-state index in [2.05, 4.69) is 25.6 Å². The largest absolute Gasteiger partial charge is 0.451 e. The maximum Gasteiger partial charge on any atom is 0.451 e. The first kappa shape index (κ1) is 28.7. The number of rotatable bonds is 8. The number of carbonyl (C=O) groups excluding carboxylic acids is 1. The Hall–Kier alpha value is -3.87. The molecule has 0 radical (unpaired) electrons. The van der Waals surface area contributed by atoms with Crippen molar-refractivity contribution in [1.29, 1.82) is 0 Å². The van der Waals surface area contributed by atoms with E-state index in [4.69, 9.17) is 16.3 Å². The summed E-state index contributed by atoms with van der Waals surface area (Å²) in [5.74, 6) is -1.44. The fraction of sp³-hybridized carbons (Fsp3) is 0.286. The average molecular weight is 589 g/mol. The Morgan fingerprint density at radius 1 is 1.02 bits per heavy atom. The Morgan fingerprint density at radius 2 is 1.73 bits per heavy atom. The van der Waals surface area contributed by atoms with Gasteiger partial charge < -0.3 is 15.4 Å². The molecule has 1 saturated heterocycles. The highest BCUT2D eigenvalue weighted by molar-refractivity contribution is 6.35. The smallest absolute Gasteiger partial charge is 0.379 e. The zero-order valence-electron chi connectivity index (χ0n) is 21.6. The van der Waals surface area contributed by atoms with Gasteiger partial charge in [-0.1, -0.05) is 23.7 Å². The molecule has 0 saturated carbocycles. The van der Waals surface area contributed by atoms with Crippen molar-refractivity contribution in [2.24, 2.45) is 0 Å². The predicted octanol–water partition coefficient (Wildman–Crippen LogP) is 5.25. The Labute approximate surface area is 237 Å². The van der Waals surface area contributed by atoms with E-state index in [1.54, 1.807) is 36.4 Å². The summed E-state index contributed by atoms with van der Waals surface area (Å²) in [6, 6.07) is 12.4. The second-order valence-corrected chi connectivity index (χ2v) is 9.78. The number of ether oxygens (including phenoxy) is 1. The molecular formula is C28H25ClF4N6O2. The van der Waals surface area contributed by atoms with E-state index in [1.807, 2.05) is 4.90 Å². The van der Waals surface area contributed by atoms with Gasteiger partial charge in [-0.25, -0.2) is 19.3 Å². The van der Waals surface area contributed by atoms with Crippen molar-refractivity contribution in [2.45, 2.75) is 18.8 Å². The van der Waals surface area contributed by atoms with Crippen molar-refractivity contribution in [2.75, 3.05) is 38.2 Å². The molecule has 13 heteroatoms. The molecule has 5 rings (SSSR count). The van der Waals surface area contributed by atoms with Gasteiger partial charge in [-0.3, -0.25) is 9.69 Å². The monoisotopic (exact) mass is 588 g/mol. The molecule has 4 aromatic rings. The van der Waals surface area contributed by atoms with Crippen LogP contribution in [0.3, 0.4) is 0 Å². The standard InChI is InChI=1S/C28H25ClF4N6O2/c29-21-6-7-22-20(5-8-24(38-22)34-13-17-1-3-19(30)4-2-17)25(21)26(40)35-16-23(39-9-11-41-12-10-39)18-14-36-27(37-15-18)28(31,32)33/h1-8,14-15,23H,9-13,16H2,(H,34,38)(H,35,40). The van der Waals surface area contributed by atoms with Crippen LogP contribution in [0.25, 0.3) is 10.9 Å². The quantitative estimate of drug-likeness (QED) is 0.272. The van der Waals surface area contributed by atoms with Gasteiger partial charge in [0.15, 0.2) is 0 Å². The molecule has 2 N–H and O–H groups in total. The Kier molecular flexibility index (Phi) is 8.62. The molecule has 41 heavy (non-hydrogen) atoms. The van der Waals surface area contributed by atoms with Crippen molar-refractivity contribution < 1.29 is 27.1 Å². The number of morpholine rings is 1. The molecule has 2 aromatic heterocycles. The first-order valence-corrected chi connectivity index (χ1v) is 13.1. The molecule has 0 spiro atoms. The summed E-state index contributed by atoms with van der Waals surface area (Å²) < 4.78 is 57.6. The summed E-state index contributed by atoms with van der Waals surface area (Å²) in [7, 11) is 0. The van der Waals surface area contributed by atoms with Crippen LogP contribution in [0.15, 0.2) is 60.9 Å². The van der Waals surface area contributed by atoms with Gasteiger partial charge in [0.25, 0.3) is 5.91 Å². The summed E-state index contributed by atoms with van der Waals surface area (Å²) in [6.07, 6.45) is -2.38. The zero-order valence-corrected chi connectivity index (χ0v) is 22.3. The molecule has 1 aliphatic rings. The SMILES string of the molecule is O=C(NCC(c1cnc(C(F)(F)F)nc1)N1CCOCC1)c1c(Cl)ccc2nc(NCc3ccc(F)cc3)ccc12. The number of amides is 1. The Bertz CT molecular complexity index is 1510. The normalized spacial score (nSPS) is 15.0. The van der Waals surface area contributed by atoms with E-state index >= 15 is 0 Å². The van der Waals surface area contributed by atoms with Crippen molar-refractivity contribution in [3.63, 3.8) is 0 Å². The average Bonchev–Trinajstić information content (AvgIpc) is 2.97. The topological polar surface area (TPSA) is 92.3 Å². The van der Waals surface area contributed by atoms with Crippen molar-refractivity contribution in [1.82, 2.24) is 25.2 Å². The van der Waals surface area contributed by atoms with E-state index in [9.17, 15) is 22.4 Å². The van der Waals surface area contributed by atoms with Crippen LogP contribution in [-0.4, -0.2) is 58.6 Å². The number of carbonyl (C=O) groups is 1. The third-order valence-electron chi connectivity index (χ3n) is 6.69. The molecule has 8 nitrogen and oxygen atoms in total. The van der Waals surface area contributed by atoms with Crippen molar-refractivity contribution in [3.05, 3.63) is 94.3 Å². The molecule has 214 valence electrons. The maximum absolute atomic E-state index is 13.4. The number of fused-ring (bicyclic) bond motifs is 1. The summed E-state index contributed by atoms with van der Waals surface area (Å²) in [5, 5.41) is 6.82. The van der Waals surface area contributed by atoms with E-state index < -0.39 is 23.9 Å². The number of nitrogens with zero attached hydrogens (tertiary/aromatic N) is 4. The number of benzene rings is 2. The minimum absolute atomic E-state index is 0.0744. The summed E-state index contributed by atoms with van der Waals surface area (Å²) in [6.45, 7) is 2.44. The molecule has 0 aliphatic carbocycles. The van der Waals surface area contributed by atoms with E-state index in [0.29, 0.717) is 55.1 Å². The molecule has 1 fully saturated rings. The molecular weight excluding hydrogens is 564 g/mol. The number of alkyl halides is 3. The molecule has 1 aliphatic heterocycles. The van der Waals surface area contributed by atoms with Crippen LogP contribution in [0.5, 0.6) is 0 Å². The van der Waals surface area contributed by atoms with Gasteiger partial charge in [0, 0.05) is 49.5 Å². The van der Waals surface area contributed by atoms with Gasteiger partial charge in [0.05, 0.1) is 35.4 Å². The lowest BCUT2D eigenvalue weighted by Gasteiger charge is -2.34. The number of hydrogen-bond donors (Lipinski definition) is 2. The number of pyridine rings is 1. The van der Waals surface area contributed by atoms with Crippen LogP contribution in [0.2, 0.25) is 5.02 Å². The van der Waals surface area contributed by atoms with Crippen LogP contribution in [-0.2, 0) is 17.5 Å². The molecule has 0 bridgehead atoms. The highest BCUT2D eigenvalue weighted by Crippen LogP contribution is 2.29. The number of anilines is 1. The van der Waals surface area contributed by atoms with Crippen molar-refractivity contribution in [3.8, 4) is 0 Å². The second kappa shape index (κ2) is 12.3. The molecule has 1 atom stereocenters. The third-order valence-corrected chi connectivity index (χ3v) is 7.00. The van der Waals surface area contributed by atoms with E-state index in [0.717, 1.165) is 18.0 Å². The molecule has 1 unspecified atom stereocenters. The summed E-state index contributed by atoms with van der Waals surface area (Å²) >= 11 is 6.44. The maximum atomic E-state index is 13.4. The van der Waals surface area contributed by atoms with Gasteiger partial charge in [-0.15, -0.1) is 0 Å². The van der Waals surface area contributed by atoms with Gasteiger partial charge in [0.1, 0.15) is 11.6 Å². The fourth-order valence-corrected chi connectivity index (χ4v) is 4.83. The van der Waals surface area contributed by atoms with Gasteiger partial charge in [-0.05, 0) is 42.0 Å². The minimum atomic E-state index is -4.66. The van der Waals surface area contributed by atoms with Crippen LogP contribution in [0.1, 0.15) is 33.4 Å². The van der Waals surface area contributed by atoms with Crippen molar-refractivity contribution >= 4 is 34.2 Å². The molecule has 3 heterocycles. The first-order valence-electron chi connectivity index (χ1n) is 12.8. The van der Waals surface area contributed by atoms with Gasteiger partial charge in [0.2, 0.25) is 5.82 Å². The van der Waals surface area contributed by atoms with Crippen LogP contribution < -0.4 is 10.6 Å². The summed E-state index contributed by atoms with van der Waals surface area (Å²) in [4.78, 5) is 27.0. The number of aromatic nitrogens is 3. The minimum Gasteiger partial charge on any atom is -0.379 e. The van der Waals surface area contributed by atoms with Crippen LogP contribution in [0.4, 0.5) is 23.4 Å². The second-order valence-electron chi connectivity index (χ2n) is 9.38. The lowest BCUT2D eigenvalue weighted by Crippen LogP contribution is -2.44.